The fourth-order valence-electron chi connectivity index (χ4n) is 5.28. The highest BCUT2D eigenvalue weighted by Gasteiger charge is 2.21. The van der Waals surface area contributed by atoms with Crippen molar-refractivity contribution in [2.75, 3.05) is 5.32 Å². The normalized spacial score (nSPS) is 14.8. The van der Waals surface area contributed by atoms with E-state index < -0.39 is 0 Å². The van der Waals surface area contributed by atoms with Gasteiger partial charge in [0.1, 0.15) is 5.58 Å². The lowest BCUT2D eigenvalue weighted by Crippen LogP contribution is -2.04. The van der Waals surface area contributed by atoms with Crippen LogP contribution in [0.1, 0.15) is 43.6 Å². The number of rotatable bonds is 4. The molecule has 0 bridgehead atoms. The van der Waals surface area contributed by atoms with Crippen molar-refractivity contribution in [3.63, 3.8) is 0 Å². The summed E-state index contributed by atoms with van der Waals surface area (Å²) in [7, 11) is 0. The zero-order valence-electron chi connectivity index (χ0n) is 18.2. The van der Waals surface area contributed by atoms with E-state index in [4.69, 9.17) is 4.42 Å². The number of anilines is 2. The predicted molar refractivity (Wildman–Crippen MR) is 135 cm³/mol. The smallest absolute Gasteiger partial charge is 0.158 e. The lowest BCUT2D eigenvalue weighted by molar-refractivity contribution is 0.442. The quantitative estimate of drug-likeness (QED) is 0.315. The van der Waals surface area contributed by atoms with Crippen molar-refractivity contribution in [2.24, 2.45) is 0 Å². The lowest BCUT2D eigenvalue weighted by Gasteiger charge is -2.21. The first-order valence-electron chi connectivity index (χ1n) is 11.7. The molecule has 1 N–H and O–H groups in total. The van der Waals surface area contributed by atoms with Gasteiger partial charge in [-0.15, -0.1) is 0 Å². The third-order valence-electron chi connectivity index (χ3n) is 6.88. The van der Waals surface area contributed by atoms with Crippen molar-refractivity contribution < 1.29 is 4.42 Å². The van der Waals surface area contributed by atoms with E-state index in [2.05, 4.69) is 96.3 Å². The maximum Gasteiger partial charge on any atom is 0.158 e. The van der Waals surface area contributed by atoms with Gasteiger partial charge in [0.25, 0.3) is 0 Å². The molecule has 2 heteroatoms. The van der Waals surface area contributed by atoms with Gasteiger partial charge < -0.3 is 9.73 Å². The molecule has 2 nitrogen and oxygen atoms in total. The third-order valence-corrected chi connectivity index (χ3v) is 6.88. The Morgan fingerprint density at radius 3 is 2.12 bits per heavy atom. The number of furan rings is 1. The standard InChI is InChI=1S/C30H27NO/c1-3-11-21(12-4-1)23-15-7-8-19-27(23)31-28-20-10-18-26-25-17-9-16-24(29(25)32-30(26)28)22-13-5-2-6-14-22/h1,3-4,7-12,15-20,22,31H,2,5-6,13-14H2. The zero-order valence-corrected chi connectivity index (χ0v) is 18.2. The van der Waals surface area contributed by atoms with Crippen LogP contribution >= 0.6 is 0 Å². The first-order chi connectivity index (χ1) is 15.9. The third kappa shape index (κ3) is 3.36. The monoisotopic (exact) mass is 417 g/mol. The van der Waals surface area contributed by atoms with Crippen LogP contribution in [-0.2, 0) is 0 Å². The predicted octanol–water partition coefficient (Wildman–Crippen LogP) is 9.04. The molecule has 0 radical (unpaired) electrons. The minimum absolute atomic E-state index is 0.614. The van der Waals surface area contributed by atoms with Gasteiger partial charge in [-0.25, -0.2) is 0 Å². The average molecular weight is 418 g/mol. The second-order valence-corrected chi connectivity index (χ2v) is 8.88. The summed E-state index contributed by atoms with van der Waals surface area (Å²) in [5.41, 5.74) is 7.87. The van der Waals surface area contributed by atoms with Crippen molar-refractivity contribution in [3.05, 3.63) is 96.6 Å². The number of hydrogen-bond donors (Lipinski definition) is 1. The van der Waals surface area contributed by atoms with Crippen LogP contribution in [0.5, 0.6) is 0 Å². The molecule has 0 aliphatic heterocycles. The Hall–Kier alpha value is -3.52. The Balaban J connectivity index is 1.46. The summed E-state index contributed by atoms with van der Waals surface area (Å²) in [4.78, 5) is 0. The number of hydrogen-bond acceptors (Lipinski definition) is 2. The molecule has 1 aliphatic rings. The van der Waals surface area contributed by atoms with E-state index >= 15 is 0 Å². The van der Waals surface area contributed by atoms with Crippen molar-refractivity contribution in [1.82, 2.24) is 0 Å². The molecular weight excluding hydrogens is 390 g/mol. The van der Waals surface area contributed by atoms with E-state index in [-0.39, 0.29) is 0 Å². The van der Waals surface area contributed by atoms with Gasteiger partial charge in [-0.2, -0.15) is 0 Å². The van der Waals surface area contributed by atoms with Crippen molar-refractivity contribution in [2.45, 2.75) is 38.0 Å². The van der Waals surface area contributed by atoms with E-state index in [1.165, 1.54) is 59.6 Å². The number of benzene rings is 4. The highest BCUT2D eigenvalue weighted by atomic mass is 16.3. The summed E-state index contributed by atoms with van der Waals surface area (Å²) in [6.45, 7) is 0. The van der Waals surface area contributed by atoms with E-state index in [9.17, 15) is 0 Å². The van der Waals surface area contributed by atoms with Crippen LogP contribution in [0.25, 0.3) is 33.1 Å². The van der Waals surface area contributed by atoms with Gasteiger partial charge in [0.15, 0.2) is 5.58 Å². The second kappa shape index (κ2) is 8.20. The lowest BCUT2D eigenvalue weighted by atomic mass is 9.83. The molecule has 0 spiro atoms. The Kier molecular flexibility index (Phi) is 4.92. The number of fused-ring (bicyclic) bond motifs is 3. The highest BCUT2D eigenvalue weighted by molar-refractivity contribution is 6.10. The SMILES string of the molecule is c1ccc(-c2ccccc2Nc2cccc3c2oc2c(C4CCCCC4)cccc23)cc1. The Morgan fingerprint density at radius 2 is 1.28 bits per heavy atom. The van der Waals surface area contributed by atoms with Crippen LogP contribution in [0.4, 0.5) is 11.4 Å². The fourth-order valence-corrected chi connectivity index (χ4v) is 5.28. The second-order valence-electron chi connectivity index (χ2n) is 8.88. The van der Waals surface area contributed by atoms with Crippen LogP contribution in [0.15, 0.2) is 95.4 Å². The molecule has 158 valence electrons. The van der Waals surface area contributed by atoms with Crippen LogP contribution in [0.2, 0.25) is 0 Å². The minimum atomic E-state index is 0.614. The summed E-state index contributed by atoms with van der Waals surface area (Å²) < 4.78 is 6.62. The summed E-state index contributed by atoms with van der Waals surface area (Å²) in [5, 5.41) is 6.09. The topological polar surface area (TPSA) is 25.2 Å². The number of nitrogens with one attached hydrogen (secondary N) is 1. The van der Waals surface area contributed by atoms with Gasteiger partial charge in [0.2, 0.25) is 0 Å². The molecule has 6 rings (SSSR count). The van der Waals surface area contributed by atoms with Crippen LogP contribution in [0.3, 0.4) is 0 Å². The molecule has 1 saturated carbocycles. The molecular formula is C30H27NO. The molecule has 0 saturated heterocycles. The zero-order chi connectivity index (χ0) is 21.3. The average Bonchev–Trinajstić information content (AvgIpc) is 3.25. The Morgan fingerprint density at radius 1 is 0.594 bits per heavy atom. The van der Waals surface area contributed by atoms with Crippen LogP contribution in [-0.4, -0.2) is 0 Å². The minimum Gasteiger partial charge on any atom is -0.454 e. The molecule has 32 heavy (non-hydrogen) atoms. The van der Waals surface area contributed by atoms with Gasteiger partial charge in [-0.05, 0) is 42.0 Å². The Labute approximate surface area is 188 Å². The van der Waals surface area contributed by atoms with Gasteiger partial charge in [-0.3, -0.25) is 0 Å². The first kappa shape index (κ1) is 19.2. The van der Waals surface area contributed by atoms with E-state index in [1.54, 1.807) is 0 Å². The maximum atomic E-state index is 6.62. The highest BCUT2D eigenvalue weighted by Crippen LogP contribution is 2.42. The molecule has 0 unspecified atom stereocenters. The summed E-state index contributed by atoms with van der Waals surface area (Å²) in [6, 6.07) is 32.1. The fraction of sp³-hybridized carbons (Fsp3) is 0.200. The molecule has 5 aromatic rings. The maximum absolute atomic E-state index is 6.62. The van der Waals surface area contributed by atoms with E-state index in [1.807, 2.05) is 0 Å². The van der Waals surface area contributed by atoms with Gasteiger partial charge in [0, 0.05) is 22.0 Å². The molecule has 0 atom stereocenters. The van der Waals surface area contributed by atoms with E-state index in [0.717, 1.165) is 22.5 Å². The summed E-state index contributed by atoms with van der Waals surface area (Å²) in [5.74, 6) is 0.614. The summed E-state index contributed by atoms with van der Waals surface area (Å²) in [6.07, 6.45) is 6.55. The van der Waals surface area contributed by atoms with E-state index in [0.29, 0.717) is 5.92 Å². The molecule has 1 fully saturated rings. The first-order valence-corrected chi connectivity index (χ1v) is 11.7. The number of para-hydroxylation sites is 3. The molecule has 4 aromatic carbocycles. The molecule has 1 aliphatic carbocycles. The summed E-state index contributed by atoms with van der Waals surface area (Å²) >= 11 is 0. The van der Waals surface area contributed by atoms with Crippen molar-refractivity contribution >= 4 is 33.3 Å². The van der Waals surface area contributed by atoms with Gasteiger partial charge in [0.05, 0.1) is 5.69 Å². The van der Waals surface area contributed by atoms with Crippen LogP contribution < -0.4 is 5.32 Å². The van der Waals surface area contributed by atoms with Crippen molar-refractivity contribution in [1.29, 1.82) is 0 Å². The largest absolute Gasteiger partial charge is 0.454 e. The van der Waals surface area contributed by atoms with Crippen LogP contribution in [0, 0.1) is 0 Å². The van der Waals surface area contributed by atoms with Gasteiger partial charge >= 0.3 is 0 Å². The Bertz CT molecular complexity index is 1380. The van der Waals surface area contributed by atoms with Crippen molar-refractivity contribution in [3.8, 4) is 11.1 Å². The van der Waals surface area contributed by atoms with Gasteiger partial charge in [-0.1, -0.05) is 98.1 Å². The molecule has 1 aromatic heterocycles. The molecule has 0 amide bonds. The molecule has 1 heterocycles.